The number of hydrogen-bond donors (Lipinski definition) is 16. The van der Waals surface area contributed by atoms with E-state index in [1.165, 1.54) is 0 Å². The molecule has 0 fully saturated rings. The van der Waals surface area contributed by atoms with Gasteiger partial charge in [0, 0.05) is 99.1 Å². The van der Waals surface area contributed by atoms with Crippen LogP contribution in [0.2, 0.25) is 0 Å². The molecule has 0 bridgehead atoms. The van der Waals surface area contributed by atoms with Crippen molar-refractivity contribution >= 4 is 114 Å². The fourth-order valence-corrected chi connectivity index (χ4v) is 11.8. The van der Waals surface area contributed by atoms with E-state index in [-0.39, 0.29) is 25.1 Å². The van der Waals surface area contributed by atoms with Gasteiger partial charge in [-0.15, -0.1) is 0 Å². The van der Waals surface area contributed by atoms with Crippen molar-refractivity contribution in [1.29, 1.82) is 0 Å². The van der Waals surface area contributed by atoms with Crippen LogP contribution in [-0.2, 0) is 20.4 Å². The normalized spacial score (nSPS) is 11.5. The van der Waals surface area contributed by atoms with E-state index in [1.54, 1.807) is 99.1 Å². The van der Waals surface area contributed by atoms with Crippen LogP contribution in [-0.4, -0.2) is 188 Å². The number of nitrogens with one attached hydrogen (secondary N) is 16. The minimum atomic E-state index is -1.62. The van der Waals surface area contributed by atoms with Crippen LogP contribution in [0.25, 0.3) is 0 Å². The number of nitrogens with zero attached hydrogens (tertiary/aromatic N) is 16. The summed E-state index contributed by atoms with van der Waals surface area (Å²) >= 11 is 0. The second kappa shape index (κ2) is 24.7. The Labute approximate surface area is 496 Å². The Morgan fingerprint density at radius 3 is 0.267 bits per heavy atom. The van der Waals surface area contributed by atoms with Gasteiger partial charge in [0.25, 0.3) is 0 Å². The van der Waals surface area contributed by atoms with Crippen molar-refractivity contribution in [2.75, 3.05) is 0 Å². The Bertz CT molecular complexity index is 3150. The van der Waals surface area contributed by atoms with Crippen molar-refractivity contribution in [3.63, 3.8) is 0 Å². The number of hydrogen-bond acceptors (Lipinski definition) is 16. The Balaban J connectivity index is 0.000000118. The molecule has 0 aromatic carbocycles. The second-order valence-electron chi connectivity index (χ2n) is 19.4. The zero-order valence-electron chi connectivity index (χ0n) is 44.6. The average Bonchev–Trinajstić information content (AvgIpc) is 2.11. The molecule has 16 aromatic rings. The first-order valence-electron chi connectivity index (χ1n) is 26.3. The molecule has 16 heterocycles. The Kier molecular flexibility index (Phi) is 16.1. The molecular formula is C48H48B4FN32Pd-. The van der Waals surface area contributed by atoms with Gasteiger partial charge in [-0.3, -0.25) is 81.6 Å². The number of aromatic nitrogens is 32. The molecule has 0 atom stereocenters. The van der Waals surface area contributed by atoms with Crippen LogP contribution in [0.5, 0.6) is 0 Å². The fraction of sp³-hybridized carbons (Fsp3) is 0. The zero-order chi connectivity index (χ0) is 56.5. The quantitative estimate of drug-likeness (QED) is 0.0400. The second-order valence-corrected chi connectivity index (χ2v) is 19.4. The summed E-state index contributed by atoms with van der Waals surface area (Å²) in [6.07, 6.45) is 22.1. The summed E-state index contributed by atoms with van der Waals surface area (Å²) in [4.78, 5) is 0. The molecule has 0 amide bonds. The van der Waals surface area contributed by atoms with E-state index < -0.39 is 24.6 Å². The van der Waals surface area contributed by atoms with Gasteiger partial charge in [-0.1, -0.05) is 187 Å². The molecule has 430 valence electrons. The predicted octanol–water partition coefficient (Wildman–Crippen LogP) is -11.2. The van der Waals surface area contributed by atoms with E-state index in [2.05, 4.69) is 163 Å². The predicted molar refractivity (Wildman–Crippen MR) is 315 cm³/mol. The average molecular weight is 1240 g/mol. The van der Waals surface area contributed by atoms with Gasteiger partial charge in [-0.25, -0.2) is 81.6 Å². The van der Waals surface area contributed by atoms with Crippen LogP contribution in [0.1, 0.15) is 0 Å². The molecule has 0 aliphatic rings. The summed E-state index contributed by atoms with van der Waals surface area (Å²) in [5, 5.41) is 116. The smallest absolute Gasteiger partial charge is 1.00 e. The molecule has 86 heavy (non-hydrogen) atoms. The monoisotopic (exact) mass is 1240 g/mol. The standard InChI is InChI=1S/4C12H12BN8.FH.Pd/c4*1-5-14-18-9(1)13(10-2-6-15-19-10,11-3-7-16-20-11)12-4-8-17-21-12;;/h4*1-8H,(H,14,18)(H,15,19)(H,16,20)(H,17,21);1H;/q4*-1;;+4/p-1. The topological polar surface area (TPSA) is 459 Å². The van der Waals surface area contributed by atoms with Gasteiger partial charge in [-0.05, 0) is 0 Å². The number of H-pyrrole nitrogens is 16. The van der Waals surface area contributed by atoms with E-state index in [4.69, 9.17) is 0 Å². The summed E-state index contributed by atoms with van der Waals surface area (Å²) in [6, 6.07) is 30.9. The van der Waals surface area contributed by atoms with Gasteiger partial charge in [0.2, 0.25) is 0 Å². The maximum atomic E-state index is 4.40. The van der Waals surface area contributed by atoms with Gasteiger partial charge in [0.15, 0.2) is 24.6 Å². The number of aromatic amines is 16. The maximum absolute atomic E-state index is 4.40. The van der Waals surface area contributed by atoms with Crippen LogP contribution >= 0.6 is 0 Å². The third-order valence-electron chi connectivity index (χ3n) is 15.5. The largest absolute Gasteiger partial charge is 4.00 e. The molecule has 38 heteroatoms. The van der Waals surface area contributed by atoms with E-state index >= 15 is 0 Å². The van der Waals surface area contributed by atoms with Crippen LogP contribution < -0.4 is 94.2 Å². The van der Waals surface area contributed by atoms with Crippen molar-refractivity contribution < 1.29 is 25.1 Å². The number of rotatable bonds is 16. The number of halogens is 1. The van der Waals surface area contributed by atoms with Crippen LogP contribution in [0.3, 0.4) is 0 Å². The summed E-state index contributed by atoms with van der Waals surface area (Å²) in [7, 11) is 0. The molecule has 16 N–H and O–H groups in total. The van der Waals surface area contributed by atoms with E-state index in [1.807, 2.05) is 97.1 Å². The van der Waals surface area contributed by atoms with Crippen molar-refractivity contribution in [2.24, 2.45) is 0 Å². The Morgan fingerprint density at radius 2 is 0.221 bits per heavy atom. The van der Waals surface area contributed by atoms with Gasteiger partial charge < -0.3 is 4.70 Å². The minimum absolute atomic E-state index is 0. The first-order chi connectivity index (χ1) is 41.7. The molecular weight excluding hydrogens is 1190 g/mol. The molecule has 32 nitrogen and oxygen atoms in total. The molecule has 0 saturated carbocycles. The Morgan fingerprint density at radius 1 is 0.151 bits per heavy atom. The first-order valence-corrected chi connectivity index (χ1v) is 26.3. The SMILES string of the molecule is [F-].[Pd+4].c1cc([B-](c2cc[nH]n2)(c2cc[nH]n2)c2cc[nH]n2)n[nH]1.c1cc([B-](c2cc[nH]n2)(c2cc[nH]n2)c2cc[nH]n2)n[nH]1.c1cc([B-](c2cc[nH]n2)(c2cc[nH]n2)c2cc[nH]n2)n[nH]1.c1cc([B-](c2cc[nH]n2)(c2cc[nH]n2)c2cc[nH]n2)n[nH]1. The molecule has 0 spiro atoms. The van der Waals surface area contributed by atoms with E-state index in [0.29, 0.717) is 0 Å². The molecule has 0 aliphatic carbocycles. The maximum Gasteiger partial charge on any atom is 4.00 e. The summed E-state index contributed by atoms with van der Waals surface area (Å²) in [5.74, 6) is 0. The molecule has 16 rings (SSSR count). The first kappa shape index (κ1) is 56.1. The van der Waals surface area contributed by atoms with Gasteiger partial charge in [0.1, 0.15) is 0 Å². The van der Waals surface area contributed by atoms with Gasteiger partial charge >= 0.3 is 20.4 Å². The molecule has 0 saturated heterocycles. The zero-order valence-corrected chi connectivity index (χ0v) is 46.2. The molecule has 0 aliphatic heterocycles. The summed E-state index contributed by atoms with van der Waals surface area (Å²) in [5.41, 5.74) is 13.4. The summed E-state index contributed by atoms with van der Waals surface area (Å²) in [6.45, 7) is 0. The Hall–Kier alpha value is -11.8. The summed E-state index contributed by atoms with van der Waals surface area (Å²) < 4.78 is 0. The molecule has 0 radical (unpaired) electrons. The van der Waals surface area contributed by atoms with Gasteiger partial charge in [0.05, 0.1) is 0 Å². The van der Waals surface area contributed by atoms with E-state index in [0.717, 1.165) is 89.5 Å². The van der Waals surface area contributed by atoms with Crippen molar-refractivity contribution in [1.82, 2.24) is 163 Å². The van der Waals surface area contributed by atoms with E-state index in [9.17, 15) is 0 Å². The third-order valence-corrected chi connectivity index (χ3v) is 15.5. The van der Waals surface area contributed by atoms with Crippen LogP contribution in [0.4, 0.5) is 0 Å². The van der Waals surface area contributed by atoms with Crippen molar-refractivity contribution in [2.45, 2.75) is 0 Å². The van der Waals surface area contributed by atoms with Crippen LogP contribution in [0.15, 0.2) is 196 Å². The van der Waals surface area contributed by atoms with Crippen molar-refractivity contribution in [3.05, 3.63) is 196 Å². The minimum Gasteiger partial charge on any atom is -1.00 e. The molecule has 0 unspecified atom stereocenters. The van der Waals surface area contributed by atoms with Crippen molar-refractivity contribution in [3.8, 4) is 0 Å². The molecule has 16 aromatic heterocycles. The van der Waals surface area contributed by atoms with Gasteiger partial charge in [-0.2, -0.15) is 0 Å². The van der Waals surface area contributed by atoms with Crippen LogP contribution in [0, 0.1) is 0 Å². The fourth-order valence-electron chi connectivity index (χ4n) is 11.8. The third kappa shape index (κ3) is 9.51.